The Labute approximate surface area is 204 Å². The van der Waals surface area contributed by atoms with Crippen LogP contribution in [0.3, 0.4) is 0 Å². The highest BCUT2D eigenvalue weighted by Gasteiger charge is 2.43. The lowest BCUT2D eigenvalue weighted by Gasteiger charge is -2.33. The van der Waals surface area contributed by atoms with Crippen LogP contribution in [0.2, 0.25) is 0 Å². The third kappa shape index (κ3) is 5.27. The summed E-state index contributed by atoms with van der Waals surface area (Å²) in [4.78, 5) is 30.0. The molecule has 1 aliphatic carbocycles. The van der Waals surface area contributed by atoms with E-state index >= 15 is 0 Å². The third-order valence-electron chi connectivity index (χ3n) is 6.67. The van der Waals surface area contributed by atoms with Gasteiger partial charge in [-0.25, -0.2) is 4.90 Å². The lowest BCUT2D eigenvalue weighted by molar-refractivity contribution is -0.158. The first-order chi connectivity index (χ1) is 16.8. The number of benzene rings is 2. The summed E-state index contributed by atoms with van der Waals surface area (Å²) in [5, 5.41) is 22.4. The van der Waals surface area contributed by atoms with Crippen molar-refractivity contribution < 1.29 is 34.1 Å². The van der Waals surface area contributed by atoms with Gasteiger partial charge in [-0.3, -0.25) is 9.59 Å². The number of carbonyl (C=O) groups excluding carboxylic acids is 2. The number of aliphatic hydroxyl groups excluding tert-OH is 2. The van der Waals surface area contributed by atoms with E-state index in [9.17, 15) is 19.8 Å². The largest absolute Gasteiger partial charge is 0.493 e. The summed E-state index contributed by atoms with van der Waals surface area (Å²) in [6.45, 7) is 3.04. The molecule has 2 aromatic rings. The number of fused-ring (bicyclic) bond motifs is 1. The first-order valence-corrected chi connectivity index (χ1v) is 11.8. The summed E-state index contributed by atoms with van der Waals surface area (Å²) in [6.07, 6.45) is 1.73. The van der Waals surface area contributed by atoms with Crippen molar-refractivity contribution in [2.45, 2.75) is 70.6 Å². The molecular weight excluding hydrogens is 452 g/mol. The van der Waals surface area contributed by atoms with Crippen molar-refractivity contribution in [1.29, 1.82) is 0 Å². The molecule has 1 fully saturated rings. The van der Waals surface area contributed by atoms with Gasteiger partial charge in [0.15, 0.2) is 11.5 Å². The van der Waals surface area contributed by atoms with Gasteiger partial charge in [0.1, 0.15) is 12.5 Å². The van der Waals surface area contributed by atoms with Gasteiger partial charge in [-0.1, -0.05) is 24.3 Å². The smallest absolute Gasteiger partial charge is 0.329 e. The quantitative estimate of drug-likeness (QED) is 0.512. The van der Waals surface area contributed by atoms with Gasteiger partial charge >= 0.3 is 5.97 Å². The standard InChI is InChI=1S/C26H32N2O7/c1-15-7-6-10-19-24(15)26(32)28(25(19)31)20(14-23(30)27-35-16(2)29)17-11-12-21(33-3)22(13-17)34-18-8-4-5-9-18/h6-7,10-13,18,20,25-26,31-32H,4-5,8-9,14H2,1-3H3,(H,27,30). The van der Waals surface area contributed by atoms with Crippen LogP contribution < -0.4 is 15.0 Å². The molecule has 3 N–H and O–H groups in total. The van der Waals surface area contributed by atoms with Crippen LogP contribution >= 0.6 is 0 Å². The van der Waals surface area contributed by atoms with Crippen LogP contribution in [0.25, 0.3) is 0 Å². The molecule has 2 aliphatic rings. The number of aryl methyl sites for hydroxylation is 1. The van der Waals surface area contributed by atoms with E-state index in [-0.39, 0.29) is 12.5 Å². The van der Waals surface area contributed by atoms with Crippen LogP contribution in [-0.2, 0) is 14.4 Å². The molecule has 0 bridgehead atoms. The zero-order valence-corrected chi connectivity index (χ0v) is 20.2. The zero-order chi connectivity index (χ0) is 25.1. The Hall–Kier alpha value is -3.14. The number of hydrogen-bond donors (Lipinski definition) is 3. The summed E-state index contributed by atoms with van der Waals surface area (Å²) in [6, 6.07) is 9.99. The van der Waals surface area contributed by atoms with Gasteiger partial charge in [0.2, 0.25) is 0 Å². The average molecular weight is 485 g/mol. The summed E-state index contributed by atoms with van der Waals surface area (Å²) in [7, 11) is 1.56. The molecule has 0 aromatic heterocycles. The van der Waals surface area contributed by atoms with Crippen LogP contribution in [0.5, 0.6) is 11.5 Å². The van der Waals surface area contributed by atoms with Crippen molar-refractivity contribution in [3.05, 3.63) is 58.7 Å². The maximum atomic E-state index is 12.7. The molecule has 1 heterocycles. The summed E-state index contributed by atoms with van der Waals surface area (Å²) in [5.41, 5.74) is 4.80. The van der Waals surface area contributed by atoms with E-state index in [1.165, 1.54) is 11.8 Å². The molecule has 35 heavy (non-hydrogen) atoms. The highest BCUT2D eigenvalue weighted by Crippen LogP contribution is 2.47. The number of carbonyl (C=O) groups is 2. The molecule has 0 saturated heterocycles. The Bertz CT molecular complexity index is 1080. The monoisotopic (exact) mass is 484 g/mol. The van der Waals surface area contributed by atoms with E-state index < -0.39 is 30.4 Å². The van der Waals surface area contributed by atoms with Crippen LogP contribution in [0.15, 0.2) is 36.4 Å². The van der Waals surface area contributed by atoms with Crippen molar-refractivity contribution >= 4 is 11.9 Å². The van der Waals surface area contributed by atoms with Crippen LogP contribution in [0.4, 0.5) is 0 Å². The molecule has 3 unspecified atom stereocenters. The Kier molecular flexibility index (Phi) is 7.59. The molecule has 0 radical (unpaired) electrons. The number of aliphatic hydroxyl groups is 2. The van der Waals surface area contributed by atoms with Gasteiger partial charge in [-0.2, -0.15) is 5.48 Å². The molecule has 1 saturated carbocycles. The predicted octanol–water partition coefficient (Wildman–Crippen LogP) is 3.35. The number of nitrogens with zero attached hydrogens (tertiary/aromatic N) is 1. The van der Waals surface area contributed by atoms with E-state index in [0.717, 1.165) is 31.2 Å². The number of hydrogen-bond acceptors (Lipinski definition) is 8. The highest BCUT2D eigenvalue weighted by molar-refractivity contribution is 5.78. The van der Waals surface area contributed by atoms with E-state index in [1.54, 1.807) is 31.4 Å². The third-order valence-corrected chi connectivity index (χ3v) is 6.67. The maximum Gasteiger partial charge on any atom is 0.329 e. The summed E-state index contributed by atoms with van der Waals surface area (Å²) < 4.78 is 11.7. The lowest BCUT2D eigenvalue weighted by Crippen LogP contribution is -2.36. The minimum absolute atomic E-state index is 0.0831. The number of nitrogens with one attached hydrogen (secondary N) is 1. The number of amides is 1. The molecule has 188 valence electrons. The number of ether oxygens (including phenoxy) is 2. The van der Waals surface area contributed by atoms with Crippen molar-refractivity contribution in [2.24, 2.45) is 0 Å². The Morgan fingerprint density at radius 2 is 1.86 bits per heavy atom. The summed E-state index contributed by atoms with van der Waals surface area (Å²) in [5.74, 6) is -0.133. The second kappa shape index (κ2) is 10.6. The number of methoxy groups -OCH3 is 1. The van der Waals surface area contributed by atoms with Gasteiger partial charge in [0.25, 0.3) is 5.91 Å². The van der Waals surface area contributed by atoms with Crippen molar-refractivity contribution in [3.63, 3.8) is 0 Å². The van der Waals surface area contributed by atoms with Gasteiger partial charge in [0.05, 0.1) is 13.2 Å². The molecule has 1 amide bonds. The van der Waals surface area contributed by atoms with Gasteiger partial charge < -0.3 is 24.5 Å². The molecule has 4 rings (SSSR count). The Morgan fingerprint density at radius 3 is 2.51 bits per heavy atom. The van der Waals surface area contributed by atoms with Crippen molar-refractivity contribution in [1.82, 2.24) is 10.4 Å². The predicted molar refractivity (Wildman–Crippen MR) is 126 cm³/mol. The Balaban J connectivity index is 1.70. The van der Waals surface area contributed by atoms with Crippen molar-refractivity contribution in [3.8, 4) is 11.5 Å². The summed E-state index contributed by atoms with van der Waals surface area (Å²) >= 11 is 0. The first kappa shape index (κ1) is 25.0. The van der Waals surface area contributed by atoms with E-state index in [4.69, 9.17) is 9.47 Å². The van der Waals surface area contributed by atoms with Gasteiger partial charge in [-0.15, -0.1) is 0 Å². The molecule has 2 aromatic carbocycles. The van der Waals surface area contributed by atoms with Gasteiger partial charge in [0, 0.05) is 30.5 Å². The zero-order valence-electron chi connectivity index (χ0n) is 20.2. The fourth-order valence-corrected chi connectivity index (χ4v) is 4.99. The fourth-order valence-electron chi connectivity index (χ4n) is 4.99. The molecular formula is C26H32N2O7. The van der Waals surface area contributed by atoms with E-state index in [1.807, 2.05) is 19.1 Å². The molecule has 9 heteroatoms. The minimum atomic E-state index is -1.15. The number of rotatable bonds is 7. The molecule has 3 atom stereocenters. The molecule has 1 aliphatic heterocycles. The topological polar surface area (TPSA) is 118 Å². The normalized spacial score (nSPS) is 20.8. The Morgan fingerprint density at radius 1 is 1.11 bits per heavy atom. The minimum Gasteiger partial charge on any atom is -0.493 e. The van der Waals surface area contributed by atoms with Crippen LogP contribution in [0.1, 0.15) is 79.8 Å². The second-order valence-corrected chi connectivity index (χ2v) is 9.05. The SMILES string of the molecule is COc1ccc(C(CC(=O)NOC(C)=O)N2C(O)c3cccc(C)c3C2O)cc1OC1CCCC1. The number of hydroxylamine groups is 1. The molecule has 0 spiro atoms. The second-order valence-electron chi connectivity index (χ2n) is 9.05. The maximum absolute atomic E-state index is 12.7. The van der Waals surface area contributed by atoms with Crippen LogP contribution in [-0.4, -0.2) is 40.2 Å². The fraction of sp³-hybridized carbons (Fsp3) is 0.462. The highest BCUT2D eigenvalue weighted by atomic mass is 16.7. The van der Waals surface area contributed by atoms with E-state index in [0.29, 0.717) is 28.2 Å². The van der Waals surface area contributed by atoms with E-state index in [2.05, 4.69) is 10.3 Å². The lowest BCUT2D eigenvalue weighted by atomic mass is 10.00. The average Bonchev–Trinajstić information content (AvgIpc) is 3.43. The van der Waals surface area contributed by atoms with Gasteiger partial charge in [-0.05, 0) is 55.9 Å². The first-order valence-electron chi connectivity index (χ1n) is 11.8. The van der Waals surface area contributed by atoms with Crippen molar-refractivity contribution in [2.75, 3.05) is 7.11 Å². The van der Waals surface area contributed by atoms with Crippen LogP contribution in [0, 0.1) is 6.92 Å². The molecule has 9 nitrogen and oxygen atoms in total.